The normalized spacial score (nSPS) is 19.7. The lowest BCUT2D eigenvalue weighted by molar-refractivity contribution is 0.0930. The van der Waals surface area contributed by atoms with E-state index in [-0.39, 0.29) is 24.1 Å². The van der Waals surface area contributed by atoms with Crippen LogP contribution in [0.15, 0.2) is 24.3 Å². The Hall–Kier alpha value is -0.570. The molecule has 1 aliphatic rings. The highest BCUT2D eigenvalue weighted by Gasteiger charge is 2.23. The maximum Gasteiger partial charge on any atom is 0.167 e. The number of benzene rings is 1. The van der Waals surface area contributed by atoms with E-state index in [0.717, 1.165) is 25.1 Å². The highest BCUT2D eigenvalue weighted by molar-refractivity contribution is 6.30. The smallest absolute Gasteiger partial charge is 0.167 e. The molecule has 2 rings (SSSR count). The van der Waals surface area contributed by atoms with Gasteiger partial charge in [-0.15, -0.1) is 12.4 Å². The fraction of sp³-hybridized carbons (Fsp3) is 0.364. The molecule has 15 heavy (non-hydrogen) atoms. The van der Waals surface area contributed by atoms with Crippen molar-refractivity contribution in [2.75, 3.05) is 13.1 Å². The molecule has 0 bridgehead atoms. The summed E-state index contributed by atoms with van der Waals surface area (Å²) in [5, 5.41) is 3.86. The van der Waals surface area contributed by atoms with Gasteiger partial charge in [-0.05, 0) is 37.2 Å². The van der Waals surface area contributed by atoms with Gasteiger partial charge in [0, 0.05) is 23.0 Å². The van der Waals surface area contributed by atoms with Gasteiger partial charge in [0.25, 0.3) is 0 Å². The van der Waals surface area contributed by atoms with Gasteiger partial charge < -0.3 is 5.32 Å². The molecule has 1 atom stereocenters. The summed E-state index contributed by atoms with van der Waals surface area (Å²) >= 11 is 5.75. The first-order valence-corrected chi connectivity index (χ1v) is 5.15. The monoisotopic (exact) mass is 245 g/mol. The summed E-state index contributed by atoms with van der Waals surface area (Å²) in [7, 11) is 0. The molecule has 1 saturated heterocycles. The molecule has 1 N–H and O–H groups in total. The number of Topliss-reactive ketones (excluding diaryl/α,β-unsaturated/α-hetero) is 1. The number of carbonyl (C=O) groups is 1. The first-order valence-electron chi connectivity index (χ1n) is 4.78. The van der Waals surface area contributed by atoms with Crippen molar-refractivity contribution in [2.24, 2.45) is 5.92 Å². The van der Waals surface area contributed by atoms with Crippen LogP contribution in [0.5, 0.6) is 0 Å². The van der Waals surface area contributed by atoms with Crippen molar-refractivity contribution in [3.8, 4) is 0 Å². The molecular formula is C11H13Cl2NO. The van der Waals surface area contributed by atoms with Gasteiger partial charge in [-0.1, -0.05) is 11.6 Å². The fourth-order valence-electron chi connectivity index (χ4n) is 1.73. The van der Waals surface area contributed by atoms with Crippen LogP contribution in [0.1, 0.15) is 16.8 Å². The molecule has 4 heteroatoms. The van der Waals surface area contributed by atoms with Gasteiger partial charge >= 0.3 is 0 Å². The van der Waals surface area contributed by atoms with E-state index in [1.54, 1.807) is 24.3 Å². The summed E-state index contributed by atoms with van der Waals surface area (Å²) in [6.45, 7) is 1.76. The number of hydrogen-bond donors (Lipinski definition) is 1. The topological polar surface area (TPSA) is 29.1 Å². The van der Waals surface area contributed by atoms with Gasteiger partial charge in [-0.2, -0.15) is 0 Å². The summed E-state index contributed by atoms with van der Waals surface area (Å²) in [5.74, 6) is 0.378. The molecule has 1 heterocycles. The van der Waals surface area contributed by atoms with Gasteiger partial charge in [0.05, 0.1) is 0 Å². The first kappa shape index (κ1) is 12.5. The van der Waals surface area contributed by atoms with E-state index in [0.29, 0.717) is 5.02 Å². The predicted octanol–water partition coefficient (Wildman–Crippen LogP) is 2.55. The van der Waals surface area contributed by atoms with Crippen LogP contribution in [0.2, 0.25) is 5.02 Å². The highest BCUT2D eigenvalue weighted by atomic mass is 35.5. The van der Waals surface area contributed by atoms with Crippen LogP contribution in [0.25, 0.3) is 0 Å². The molecule has 0 aromatic heterocycles. The Morgan fingerprint density at radius 1 is 1.33 bits per heavy atom. The van der Waals surface area contributed by atoms with Crippen LogP contribution < -0.4 is 5.32 Å². The second-order valence-corrected chi connectivity index (χ2v) is 4.00. The third kappa shape index (κ3) is 2.94. The van der Waals surface area contributed by atoms with Crippen molar-refractivity contribution in [3.05, 3.63) is 34.9 Å². The lowest BCUT2D eigenvalue weighted by Crippen LogP contribution is -2.17. The summed E-state index contributed by atoms with van der Waals surface area (Å²) in [6, 6.07) is 7.11. The van der Waals surface area contributed by atoms with Crippen LogP contribution in [-0.2, 0) is 0 Å². The van der Waals surface area contributed by atoms with Crippen LogP contribution in [0, 0.1) is 5.92 Å². The maximum absolute atomic E-state index is 11.9. The third-order valence-corrected chi connectivity index (χ3v) is 2.81. The third-order valence-electron chi connectivity index (χ3n) is 2.56. The van der Waals surface area contributed by atoms with Crippen LogP contribution in [0.4, 0.5) is 0 Å². The molecule has 1 aliphatic heterocycles. The highest BCUT2D eigenvalue weighted by Crippen LogP contribution is 2.17. The average molecular weight is 246 g/mol. The Bertz CT molecular complexity index is 331. The molecule has 0 radical (unpaired) electrons. The SMILES string of the molecule is Cl.O=C(c1ccc(Cl)cc1)C1CCNC1. The predicted molar refractivity (Wildman–Crippen MR) is 64.0 cm³/mol. The quantitative estimate of drug-likeness (QED) is 0.812. The van der Waals surface area contributed by atoms with Crippen molar-refractivity contribution in [1.82, 2.24) is 5.32 Å². The number of carbonyl (C=O) groups excluding carboxylic acids is 1. The molecule has 0 amide bonds. The van der Waals surface area contributed by atoms with Crippen LogP contribution in [-0.4, -0.2) is 18.9 Å². The number of halogens is 2. The van der Waals surface area contributed by atoms with Gasteiger partial charge in [0.15, 0.2) is 5.78 Å². The molecule has 0 spiro atoms. The van der Waals surface area contributed by atoms with Crippen molar-refractivity contribution < 1.29 is 4.79 Å². The zero-order valence-electron chi connectivity index (χ0n) is 8.20. The van der Waals surface area contributed by atoms with Gasteiger partial charge in [-0.25, -0.2) is 0 Å². The van der Waals surface area contributed by atoms with E-state index in [9.17, 15) is 4.79 Å². The fourth-order valence-corrected chi connectivity index (χ4v) is 1.85. The van der Waals surface area contributed by atoms with E-state index in [1.807, 2.05) is 0 Å². The van der Waals surface area contributed by atoms with Crippen molar-refractivity contribution in [3.63, 3.8) is 0 Å². The van der Waals surface area contributed by atoms with Gasteiger partial charge in [0.2, 0.25) is 0 Å². The van der Waals surface area contributed by atoms with E-state index in [2.05, 4.69) is 5.32 Å². The lowest BCUT2D eigenvalue weighted by Gasteiger charge is -2.06. The molecule has 1 fully saturated rings. The van der Waals surface area contributed by atoms with Crippen molar-refractivity contribution in [2.45, 2.75) is 6.42 Å². The Balaban J connectivity index is 0.00000112. The van der Waals surface area contributed by atoms with Crippen LogP contribution >= 0.6 is 24.0 Å². The summed E-state index contributed by atoms with van der Waals surface area (Å²) in [4.78, 5) is 11.9. The van der Waals surface area contributed by atoms with Gasteiger partial charge in [0.1, 0.15) is 0 Å². The summed E-state index contributed by atoms with van der Waals surface area (Å²) in [6.07, 6.45) is 0.946. The zero-order valence-corrected chi connectivity index (χ0v) is 9.77. The number of ketones is 1. The number of rotatable bonds is 2. The second-order valence-electron chi connectivity index (χ2n) is 3.56. The molecule has 0 saturated carbocycles. The number of hydrogen-bond acceptors (Lipinski definition) is 2. The molecule has 1 unspecified atom stereocenters. The number of nitrogens with one attached hydrogen (secondary N) is 1. The molecule has 82 valence electrons. The second kappa shape index (κ2) is 5.50. The van der Waals surface area contributed by atoms with Crippen molar-refractivity contribution >= 4 is 29.8 Å². The molecule has 0 aliphatic carbocycles. The minimum Gasteiger partial charge on any atom is -0.316 e. The van der Waals surface area contributed by atoms with E-state index in [4.69, 9.17) is 11.6 Å². The first-order chi connectivity index (χ1) is 6.77. The summed E-state index contributed by atoms with van der Waals surface area (Å²) in [5.41, 5.74) is 0.767. The largest absolute Gasteiger partial charge is 0.316 e. The molecule has 1 aromatic rings. The van der Waals surface area contributed by atoms with E-state index >= 15 is 0 Å². The zero-order chi connectivity index (χ0) is 9.97. The van der Waals surface area contributed by atoms with E-state index < -0.39 is 0 Å². The maximum atomic E-state index is 11.9. The Kier molecular flexibility index (Phi) is 4.58. The van der Waals surface area contributed by atoms with E-state index in [1.165, 1.54) is 0 Å². The lowest BCUT2D eigenvalue weighted by atomic mass is 9.97. The Morgan fingerprint density at radius 3 is 2.53 bits per heavy atom. The minimum absolute atomic E-state index is 0. The molecular weight excluding hydrogens is 233 g/mol. The standard InChI is InChI=1S/C11H12ClNO.ClH/c12-10-3-1-8(2-4-10)11(14)9-5-6-13-7-9;/h1-4,9,13H,5-7H2;1H. The average Bonchev–Trinajstić information content (AvgIpc) is 2.71. The Labute approximate surface area is 100 Å². The summed E-state index contributed by atoms with van der Waals surface area (Å²) < 4.78 is 0. The van der Waals surface area contributed by atoms with Gasteiger partial charge in [-0.3, -0.25) is 4.79 Å². The minimum atomic E-state index is 0. The van der Waals surface area contributed by atoms with Crippen LogP contribution in [0.3, 0.4) is 0 Å². The Morgan fingerprint density at radius 2 is 2.00 bits per heavy atom. The molecule has 2 nitrogen and oxygen atoms in total. The van der Waals surface area contributed by atoms with Crippen molar-refractivity contribution in [1.29, 1.82) is 0 Å². The molecule has 1 aromatic carbocycles.